The summed E-state index contributed by atoms with van der Waals surface area (Å²) in [6, 6.07) is 9.13. The predicted molar refractivity (Wildman–Crippen MR) is 73.8 cm³/mol. The summed E-state index contributed by atoms with van der Waals surface area (Å²) in [6.45, 7) is 4.08. The summed E-state index contributed by atoms with van der Waals surface area (Å²) in [5, 5.41) is 11.8. The van der Waals surface area contributed by atoms with Crippen LogP contribution in [0.15, 0.2) is 24.3 Å². The third kappa shape index (κ3) is 5.01. The number of amides is 1. The van der Waals surface area contributed by atoms with Crippen molar-refractivity contribution in [1.29, 1.82) is 5.26 Å². The highest BCUT2D eigenvalue weighted by atomic mass is 16.5. The lowest BCUT2D eigenvalue weighted by molar-refractivity contribution is -0.123. The number of para-hydroxylation sites is 1. The maximum atomic E-state index is 11.7. The van der Waals surface area contributed by atoms with Crippen LogP contribution in [0.4, 0.5) is 0 Å². The fraction of sp³-hybridized carbons (Fsp3) is 0.467. The lowest BCUT2D eigenvalue weighted by atomic mass is 10.1. The van der Waals surface area contributed by atoms with E-state index in [1.54, 1.807) is 24.3 Å². The molecule has 1 aromatic carbocycles. The highest BCUT2D eigenvalue weighted by Gasteiger charge is 2.10. The van der Waals surface area contributed by atoms with Gasteiger partial charge in [-0.25, -0.2) is 0 Å². The van der Waals surface area contributed by atoms with Crippen molar-refractivity contribution in [2.45, 2.75) is 39.2 Å². The Labute approximate surface area is 114 Å². The second-order valence-electron chi connectivity index (χ2n) is 4.36. The quantitative estimate of drug-likeness (QED) is 0.819. The SMILES string of the molecule is CCCC(CC)NC(=O)COc1ccccc1C#N. The van der Waals surface area contributed by atoms with E-state index in [4.69, 9.17) is 10.00 Å². The van der Waals surface area contributed by atoms with Gasteiger partial charge in [0.25, 0.3) is 5.91 Å². The Balaban J connectivity index is 2.48. The zero-order chi connectivity index (χ0) is 14.1. The van der Waals surface area contributed by atoms with Crippen LogP contribution in [-0.4, -0.2) is 18.6 Å². The van der Waals surface area contributed by atoms with Crippen molar-refractivity contribution in [3.8, 4) is 11.8 Å². The van der Waals surface area contributed by atoms with Crippen LogP contribution < -0.4 is 10.1 Å². The molecule has 0 spiro atoms. The number of hydrogen-bond donors (Lipinski definition) is 1. The average Bonchev–Trinajstić information content (AvgIpc) is 2.44. The van der Waals surface area contributed by atoms with E-state index in [0.29, 0.717) is 11.3 Å². The molecule has 0 aliphatic rings. The van der Waals surface area contributed by atoms with E-state index < -0.39 is 0 Å². The van der Waals surface area contributed by atoms with Crippen molar-refractivity contribution in [2.75, 3.05) is 6.61 Å². The Morgan fingerprint density at radius 1 is 1.42 bits per heavy atom. The van der Waals surface area contributed by atoms with Crippen LogP contribution in [0.1, 0.15) is 38.7 Å². The molecule has 0 bridgehead atoms. The van der Waals surface area contributed by atoms with E-state index in [1.807, 2.05) is 13.0 Å². The number of hydrogen-bond acceptors (Lipinski definition) is 3. The molecule has 0 fully saturated rings. The minimum absolute atomic E-state index is 0.0566. The van der Waals surface area contributed by atoms with Gasteiger partial charge in [0.15, 0.2) is 6.61 Å². The van der Waals surface area contributed by atoms with Gasteiger partial charge in [0, 0.05) is 6.04 Å². The van der Waals surface area contributed by atoms with Crippen molar-refractivity contribution in [3.63, 3.8) is 0 Å². The summed E-state index contributed by atoms with van der Waals surface area (Å²) in [5.41, 5.74) is 0.441. The first-order valence-electron chi connectivity index (χ1n) is 6.62. The largest absolute Gasteiger partial charge is 0.482 e. The highest BCUT2D eigenvalue weighted by Crippen LogP contribution is 2.16. The van der Waals surface area contributed by atoms with E-state index >= 15 is 0 Å². The summed E-state index contributed by atoms with van der Waals surface area (Å²) in [5.74, 6) is 0.303. The second kappa shape index (κ2) is 8.15. The lowest BCUT2D eigenvalue weighted by Gasteiger charge is -2.16. The van der Waals surface area contributed by atoms with Gasteiger partial charge in [-0.3, -0.25) is 4.79 Å². The molecule has 4 heteroatoms. The van der Waals surface area contributed by atoms with Crippen LogP contribution in [0.5, 0.6) is 5.75 Å². The molecule has 4 nitrogen and oxygen atoms in total. The summed E-state index contributed by atoms with van der Waals surface area (Å²) < 4.78 is 5.38. The first-order valence-corrected chi connectivity index (χ1v) is 6.62. The molecule has 1 N–H and O–H groups in total. The molecular weight excluding hydrogens is 240 g/mol. The molecule has 19 heavy (non-hydrogen) atoms. The van der Waals surface area contributed by atoms with Gasteiger partial charge in [-0.2, -0.15) is 5.26 Å². The van der Waals surface area contributed by atoms with Gasteiger partial charge in [0.2, 0.25) is 0 Å². The number of rotatable bonds is 7. The molecular formula is C15H20N2O2. The summed E-state index contributed by atoms with van der Waals surface area (Å²) >= 11 is 0. The molecule has 1 amide bonds. The van der Waals surface area contributed by atoms with Gasteiger partial charge >= 0.3 is 0 Å². The molecule has 0 heterocycles. The molecule has 0 aromatic heterocycles. The average molecular weight is 260 g/mol. The molecule has 1 atom stereocenters. The maximum Gasteiger partial charge on any atom is 0.258 e. The molecule has 0 aliphatic carbocycles. The van der Waals surface area contributed by atoms with E-state index in [-0.39, 0.29) is 18.6 Å². The normalized spacial score (nSPS) is 11.4. The number of carbonyl (C=O) groups is 1. The van der Waals surface area contributed by atoms with E-state index in [0.717, 1.165) is 19.3 Å². The van der Waals surface area contributed by atoms with Gasteiger partial charge in [0.1, 0.15) is 11.8 Å². The van der Waals surface area contributed by atoms with Gasteiger partial charge in [-0.1, -0.05) is 32.4 Å². The Morgan fingerprint density at radius 3 is 2.79 bits per heavy atom. The smallest absolute Gasteiger partial charge is 0.258 e. The summed E-state index contributed by atoms with van der Waals surface area (Å²) in [7, 11) is 0. The van der Waals surface area contributed by atoms with Gasteiger partial charge in [0.05, 0.1) is 5.56 Å². The Hall–Kier alpha value is -2.02. The number of benzene rings is 1. The molecule has 1 unspecified atom stereocenters. The van der Waals surface area contributed by atoms with Crippen LogP contribution in [-0.2, 0) is 4.79 Å². The van der Waals surface area contributed by atoms with Crippen molar-refractivity contribution < 1.29 is 9.53 Å². The number of nitriles is 1. The molecule has 102 valence electrons. The predicted octanol–water partition coefficient (Wildman–Crippen LogP) is 2.63. The second-order valence-corrected chi connectivity index (χ2v) is 4.36. The standard InChI is InChI=1S/C15H20N2O2/c1-3-7-13(4-2)17-15(18)11-19-14-9-6-5-8-12(14)10-16/h5-6,8-9,13H,3-4,7,11H2,1-2H3,(H,17,18). The van der Waals surface area contributed by atoms with Crippen molar-refractivity contribution in [3.05, 3.63) is 29.8 Å². The molecule has 1 aromatic rings. The van der Waals surface area contributed by atoms with E-state index in [1.165, 1.54) is 0 Å². The first kappa shape index (κ1) is 15.0. The number of nitrogens with zero attached hydrogens (tertiary/aromatic N) is 1. The van der Waals surface area contributed by atoms with Gasteiger partial charge < -0.3 is 10.1 Å². The zero-order valence-electron chi connectivity index (χ0n) is 11.5. The fourth-order valence-corrected chi connectivity index (χ4v) is 1.82. The molecule has 1 rings (SSSR count). The Kier molecular flexibility index (Phi) is 6.45. The fourth-order valence-electron chi connectivity index (χ4n) is 1.82. The van der Waals surface area contributed by atoms with Crippen molar-refractivity contribution in [1.82, 2.24) is 5.32 Å². The topological polar surface area (TPSA) is 62.1 Å². The van der Waals surface area contributed by atoms with Crippen LogP contribution in [0.25, 0.3) is 0 Å². The maximum absolute atomic E-state index is 11.7. The monoisotopic (exact) mass is 260 g/mol. The molecule has 0 saturated heterocycles. The molecule has 0 saturated carbocycles. The lowest BCUT2D eigenvalue weighted by Crippen LogP contribution is -2.37. The minimum Gasteiger partial charge on any atom is -0.482 e. The van der Waals surface area contributed by atoms with Crippen molar-refractivity contribution >= 4 is 5.91 Å². The number of ether oxygens (including phenoxy) is 1. The van der Waals surface area contributed by atoms with Gasteiger partial charge in [-0.05, 0) is 25.0 Å². The Morgan fingerprint density at radius 2 is 2.16 bits per heavy atom. The van der Waals surface area contributed by atoms with Crippen LogP contribution in [0.3, 0.4) is 0 Å². The number of nitrogens with one attached hydrogen (secondary N) is 1. The minimum atomic E-state index is -0.145. The third-order valence-electron chi connectivity index (χ3n) is 2.86. The van der Waals surface area contributed by atoms with E-state index in [2.05, 4.69) is 12.2 Å². The summed E-state index contributed by atoms with van der Waals surface area (Å²) in [6.07, 6.45) is 2.92. The first-order chi connectivity index (χ1) is 9.21. The molecule has 0 aliphatic heterocycles. The van der Waals surface area contributed by atoms with Crippen molar-refractivity contribution in [2.24, 2.45) is 0 Å². The van der Waals surface area contributed by atoms with Crippen LogP contribution in [0.2, 0.25) is 0 Å². The Bertz CT molecular complexity index is 452. The van der Waals surface area contributed by atoms with E-state index in [9.17, 15) is 4.79 Å². The van der Waals surface area contributed by atoms with Crippen LogP contribution in [0, 0.1) is 11.3 Å². The van der Waals surface area contributed by atoms with Crippen LogP contribution >= 0.6 is 0 Å². The molecule has 0 radical (unpaired) electrons. The number of carbonyl (C=O) groups excluding carboxylic acids is 1. The highest BCUT2D eigenvalue weighted by molar-refractivity contribution is 5.77. The third-order valence-corrected chi connectivity index (χ3v) is 2.86. The zero-order valence-corrected chi connectivity index (χ0v) is 11.5. The summed E-state index contributed by atoms with van der Waals surface area (Å²) in [4.78, 5) is 11.7. The van der Waals surface area contributed by atoms with Gasteiger partial charge in [-0.15, -0.1) is 0 Å².